The van der Waals surface area contributed by atoms with E-state index >= 15 is 0 Å². The number of nitrogens with zero attached hydrogens (tertiary/aromatic N) is 1. The van der Waals surface area contributed by atoms with Gasteiger partial charge in [0.15, 0.2) is 5.58 Å². The lowest BCUT2D eigenvalue weighted by atomic mass is 10.2. The van der Waals surface area contributed by atoms with E-state index in [9.17, 15) is 8.42 Å². The first-order chi connectivity index (χ1) is 11.1. The molecule has 0 bridgehead atoms. The van der Waals surface area contributed by atoms with Gasteiger partial charge >= 0.3 is 0 Å². The Kier molecular flexibility index (Phi) is 4.31. The fraction of sp³-hybridized carbons (Fsp3) is 0.188. The summed E-state index contributed by atoms with van der Waals surface area (Å²) in [4.78, 5) is 4.25. The second-order valence-corrected chi connectivity index (χ2v) is 6.79. The summed E-state index contributed by atoms with van der Waals surface area (Å²) in [5.41, 5.74) is 2.34. The number of oxazole rings is 1. The van der Waals surface area contributed by atoms with Crippen LogP contribution < -0.4 is 4.72 Å². The van der Waals surface area contributed by atoms with Gasteiger partial charge in [-0.05, 0) is 23.8 Å². The minimum Gasteiger partial charge on any atom is -0.438 e. The zero-order valence-corrected chi connectivity index (χ0v) is 13.3. The van der Waals surface area contributed by atoms with Crippen molar-refractivity contribution in [2.45, 2.75) is 12.4 Å². The molecule has 0 atom stereocenters. The summed E-state index contributed by atoms with van der Waals surface area (Å²) in [6, 6.07) is 14.0. The molecule has 120 valence electrons. The Hall–Kier alpha value is -2.38. The van der Waals surface area contributed by atoms with E-state index < -0.39 is 10.0 Å². The monoisotopic (exact) mass is 332 g/mol. The predicted octanol–water partition coefficient (Wildman–Crippen LogP) is 2.92. The van der Waals surface area contributed by atoms with Crippen molar-refractivity contribution in [3.05, 3.63) is 60.0 Å². The van der Waals surface area contributed by atoms with Crippen LogP contribution in [0.15, 0.2) is 52.9 Å². The Labute approximate surface area is 134 Å². The maximum atomic E-state index is 12.2. The third kappa shape index (κ3) is 3.88. The molecule has 0 unspecified atom stereocenters. The number of anilines is 1. The summed E-state index contributed by atoms with van der Waals surface area (Å²) in [6.45, 7) is 0.268. The molecule has 0 saturated carbocycles. The maximum Gasteiger partial charge on any atom is 0.236 e. The molecule has 3 rings (SSSR count). The standard InChI is InChI=1S/C16H16N2O4S/c1-21-10-16-17-14-9-13(7-8-15(14)22-16)18-23(19,20)11-12-5-3-2-4-6-12/h2-9,18H,10-11H2,1H3. The lowest BCUT2D eigenvalue weighted by Gasteiger charge is -2.07. The third-order valence-electron chi connectivity index (χ3n) is 3.17. The van der Waals surface area contributed by atoms with Crippen LogP contribution in [-0.4, -0.2) is 20.5 Å². The van der Waals surface area contributed by atoms with E-state index in [0.29, 0.717) is 22.7 Å². The van der Waals surface area contributed by atoms with Crippen molar-refractivity contribution >= 4 is 26.8 Å². The molecule has 1 aromatic heterocycles. The van der Waals surface area contributed by atoms with Crippen LogP contribution >= 0.6 is 0 Å². The summed E-state index contributed by atoms with van der Waals surface area (Å²) in [7, 11) is -1.94. The van der Waals surface area contributed by atoms with Gasteiger partial charge in [-0.2, -0.15) is 0 Å². The SMILES string of the molecule is COCc1nc2cc(NS(=O)(=O)Cc3ccccc3)ccc2o1. The van der Waals surface area contributed by atoms with Gasteiger partial charge in [-0.25, -0.2) is 13.4 Å². The summed E-state index contributed by atoms with van der Waals surface area (Å²) < 4.78 is 37.5. The number of hydrogen-bond acceptors (Lipinski definition) is 5. The van der Waals surface area contributed by atoms with E-state index in [2.05, 4.69) is 9.71 Å². The molecular formula is C16H16N2O4S. The molecule has 2 aromatic carbocycles. The van der Waals surface area contributed by atoms with E-state index in [4.69, 9.17) is 9.15 Å². The number of sulfonamides is 1. The molecule has 0 fully saturated rings. The highest BCUT2D eigenvalue weighted by atomic mass is 32.2. The highest BCUT2D eigenvalue weighted by Crippen LogP contribution is 2.21. The second-order valence-electron chi connectivity index (χ2n) is 5.07. The van der Waals surface area contributed by atoms with E-state index in [1.165, 1.54) is 0 Å². The second kappa shape index (κ2) is 6.39. The summed E-state index contributed by atoms with van der Waals surface area (Å²) in [6.07, 6.45) is 0. The van der Waals surface area contributed by atoms with Gasteiger partial charge in [-0.1, -0.05) is 30.3 Å². The van der Waals surface area contributed by atoms with Crippen molar-refractivity contribution in [1.29, 1.82) is 0 Å². The minimum atomic E-state index is -3.49. The van der Waals surface area contributed by atoms with Crippen LogP contribution in [-0.2, 0) is 27.1 Å². The molecule has 1 N–H and O–H groups in total. The van der Waals surface area contributed by atoms with Crippen molar-refractivity contribution in [3.63, 3.8) is 0 Å². The number of hydrogen-bond donors (Lipinski definition) is 1. The van der Waals surface area contributed by atoms with Gasteiger partial charge in [-0.15, -0.1) is 0 Å². The lowest BCUT2D eigenvalue weighted by molar-refractivity contribution is 0.161. The number of fused-ring (bicyclic) bond motifs is 1. The topological polar surface area (TPSA) is 81.4 Å². The van der Waals surface area contributed by atoms with Gasteiger partial charge in [0.1, 0.15) is 12.1 Å². The van der Waals surface area contributed by atoms with Gasteiger partial charge in [0.05, 0.1) is 11.4 Å². The number of aromatic nitrogens is 1. The summed E-state index contributed by atoms with van der Waals surface area (Å²) in [5, 5.41) is 0. The summed E-state index contributed by atoms with van der Waals surface area (Å²) in [5.74, 6) is 0.367. The lowest BCUT2D eigenvalue weighted by Crippen LogP contribution is -2.14. The van der Waals surface area contributed by atoms with Crippen LogP contribution in [0.4, 0.5) is 5.69 Å². The van der Waals surface area contributed by atoms with E-state index in [0.717, 1.165) is 5.56 Å². The molecule has 3 aromatic rings. The molecule has 23 heavy (non-hydrogen) atoms. The Morgan fingerprint density at radius 2 is 1.96 bits per heavy atom. The van der Waals surface area contributed by atoms with Gasteiger partial charge in [0.2, 0.25) is 15.9 Å². The van der Waals surface area contributed by atoms with Crippen molar-refractivity contribution in [2.75, 3.05) is 11.8 Å². The number of benzene rings is 2. The molecule has 0 radical (unpaired) electrons. The molecule has 7 heteroatoms. The molecule has 0 aliphatic rings. The number of methoxy groups -OCH3 is 1. The van der Waals surface area contributed by atoms with Crippen LogP contribution in [0.2, 0.25) is 0 Å². The average Bonchev–Trinajstić information content (AvgIpc) is 2.89. The van der Waals surface area contributed by atoms with E-state index in [-0.39, 0.29) is 12.4 Å². The normalized spacial score (nSPS) is 11.7. The Bertz CT molecular complexity index is 904. The van der Waals surface area contributed by atoms with Gasteiger partial charge < -0.3 is 9.15 Å². The van der Waals surface area contributed by atoms with Crippen molar-refractivity contribution in [2.24, 2.45) is 0 Å². The van der Waals surface area contributed by atoms with Crippen LogP contribution in [0.1, 0.15) is 11.5 Å². The van der Waals surface area contributed by atoms with Gasteiger partial charge in [-0.3, -0.25) is 4.72 Å². The van der Waals surface area contributed by atoms with E-state index in [1.807, 2.05) is 18.2 Å². The number of rotatable bonds is 6. The average molecular weight is 332 g/mol. The van der Waals surface area contributed by atoms with Crippen molar-refractivity contribution in [3.8, 4) is 0 Å². The first-order valence-corrected chi connectivity index (χ1v) is 8.64. The molecule has 0 aliphatic heterocycles. The molecule has 0 saturated heterocycles. The zero-order chi connectivity index (χ0) is 16.3. The minimum absolute atomic E-state index is 0.0837. The number of nitrogens with one attached hydrogen (secondary N) is 1. The van der Waals surface area contributed by atoms with Crippen LogP contribution in [0, 0.1) is 0 Å². The quantitative estimate of drug-likeness (QED) is 0.750. The van der Waals surface area contributed by atoms with Gasteiger partial charge in [0, 0.05) is 7.11 Å². The fourth-order valence-corrected chi connectivity index (χ4v) is 3.42. The van der Waals surface area contributed by atoms with Crippen LogP contribution in [0.3, 0.4) is 0 Å². The summed E-state index contributed by atoms with van der Waals surface area (Å²) >= 11 is 0. The molecule has 1 heterocycles. The predicted molar refractivity (Wildman–Crippen MR) is 87.4 cm³/mol. The van der Waals surface area contributed by atoms with E-state index in [1.54, 1.807) is 37.4 Å². The smallest absolute Gasteiger partial charge is 0.236 e. The Morgan fingerprint density at radius 1 is 1.17 bits per heavy atom. The largest absolute Gasteiger partial charge is 0.438 e. The highest BCUT2D eigenvalue weighted by molar-refractivity contribution is 7.91. The maximum absolute atomic E-state index is 12.2. The molecule has 0 aliphatic carbocycles. The van der Waals surface area contributed by atoms with Crippen molar-refractivity contribution in [1.82, 2.24) is 4.98 Å². The Balaban J connectivity index is 1.80. The zero-order valence-electron chi connectivity index (χ0n) is 12.5. The fourth-order valence-electron chi connectivity index (χ4n) is 2.23. The van der Waals surface area contributed by atoms with Gasteiger partial charge in [0.25, 0.3) is 0 Å². The highest BCUT2D eigenvalue weighted by Gasteiger charge is 2.13. The Morgan fingerprint density at radius 3 is 2.70 bits per heavy atom. The molecular weight excluding hydrogens is 316 g/mol. The molecule has 6 nitrogen and oxygen atoms in total. The number of ether oxygens (including phenoxy) is 1. The van der Waals surface area contributed by atoms with Crippen LogP contribution in [0.25, 0.3) is 11.1 Å². The first kappa shape index (κ1) is 15.5. The van der Waals surface area contributed by atoms with Crippen LogP contribution in [0.5, 0.6) is 0 Å². The van der Waals surface area contributed by atoms with Crippen molar-refractivity contribution < 1.29 is 17.6 Å². The third-order valence-corrected chi connectivity index (χ3v) is 4.43. The molecule has 0 amide bonds. The molecule has 0 spiro atoms. The first-order valence-electron chi connectivity index (χ1n) is 6.98.